The topological polar surface area (TPSA) is 93.5 Å². The fourth-order valence-electron chi connectivity index (χ4n) is 5.36. The number of pyridine rings is 2. The van der Waals surface area contributed by atoms with Crippen molar-refractivity contribution in [2.75, 3.05) is 43.4 Å². The molecule has 2 bridgehead atoms. The molecule has 0 unspecified atom stereocenters. The Labute approximate surface area is 251 Å². The van der Waals surface area contributed by atoms with Crippen LogP contribution in [0.4, 0.5) is 10.2 Å². The highest BCUT2D eigenvalue weighted by molar-refractivity contribution is 7.99. The van der Waals surface area contributed by atoms with Crippen LogP contribution in [0.15, 0.2) is 58.9 Å². The third kappa shape index (κ3) is 4.90. The molecule has 12 heteroatoms. The molecule has 2 aliphatic rings. The van der Waals surface area contributed by atoms with Crippen LogP contribution in [-0.2, 0) is 4.79 Å². The zero-order valence-electron chi connectivity index (χ0n) is 23.1. The number of piperazine rings is 1. The molecule has 6 rings (SSSR count). The lowest BCUT2D eigenvalue weighted by Crippen LogP contribution is -2.49. The van der Waals surface area contributed by atoms with Gasteiger partial charge in [0.2, 0.25) is 5.91 Å². The second kappa shape index (κ2) is 11.4. The van der Waals surface area contributed by atoms with Gasteiger partial charge in [-0.2, -0.15) is 4.98 Å². The van der Waals surface area contributed by atoms with Crippen LogP contribution in [0, 0.1) is 5.82 Å². The SMILES string of the molecule is C=CC(=O)N1CCN(c2nc(=O)n3c4nc(c(Cl)cc24)-c2c(F)cccc2OCCSc2ccnc(C(C)C)c2-3)CC1. The van der Waals surface area contributed by atoms with E-state index >= 15 is 4.39 Å². The van der Waals surface area contributed by atoms with Gasteiger partial charge in [-0.3, -0.25) is 9.78 Å². The first kappa shape index (κ1) is 28.2. The summed E-state index contributed by atoms with van der Waals surface area (Å²) in [6.45, 7) is 9.65. The Hall–Kier alpha value is -3.96. The maximum Gasteiger partial charge on any atom is 0.355 e. The number of anilines is 1. The number of fused-ring (bicyclic) bond motifs is 5. The summed E-state index contributed by atoms with van der Waals surface area (Å²) in [6, 6.07) is 8.13. The number of nitrogens with zero attached hydrogens (tertiary/aromatic N) is 6. The van der Waals surface area contributed by atoms with Gasteiger partial charge in [0.15, 0.2) is 5.65 Å². The van der Waals surface area contributed by atoms with Gasteiger partial charge in [-0.15, -0.1) is 11.8 Å². The molecule has 0 aliphatic carbocycles. The average Bonchev–Trinajstić information content (AvgIpc) is 2.98. The van der Waals surface area contributed by atoms with Crippen LogP contribution in [0.2, 0.25) is 5.02 Å². The Bertz CT molecular complexity index is 1790. The Kier molecular flexibility index (Phi) is 7.63. The molecule has 0 saturated carbocycles. The number of amides is 1. The van der Waals surface area contributed by atoms with Crippen molar-refractivity contribution >= 4 is 46.1 Å². The Morgan fingerprint density at radius 3 is 2.71 bits per heavy atom. The third-order valence-corrected chi connectivity index (χ3v) is 8.66. The maximum absolute atomic E-state index is 15.4. The van der Waals surface area contributed by atoms with Gasteiger partial charge in [0.05, 0.1) is 39.7 Å². The summed E-state index contributed by atoms with van der Waals surface area (Å²) in [5, 5.41) is 0.713. The van der Waals surface area contributed by atoms with Gasteiger partial charge in [-0.05, 0) is 36.3 Å². The van der Waals surface area contributed by atoms with E-state index in [9.17, 15) is 9.59 Å². The number of rotatable bonds is 3. The molecule has 0 N–H and O–H groups in total. The molecule has 216 valence electrons. The minimum atomic E-state index is -0.540. The largest absolute Gasteiger partial charge is 0.492 e. The number of hydrogen-bond acceptors (Lipinski definition) is 8. The van der Waals surface area contributed by atoms with Crippen molar-refractivity contribution in [1.82, 2.24) is 24.4 Å². The highest BCUT2D eigenvalue weighted by Gasteiger charge is 2.28. The van der Waals surface area contributed by atoms with Crippen molar-refractivity contribution in [1.29, 1.82) is 0 Å². The molecular formula is C30H28ClFN6O3S. The summed E-state index contributed by atoms with van der Waals surface area (Å²) in [5.74, 6) is 0.544. The quantitative estimate of drug-likeness (QED) is 0.298. The summed E-state index contributed by atoms with van der Waals surface area (Å²) in [5.41, 5.74) is 1.32. The molecule has 0 spiro atoms. The van der Waals surface area contributed by atoms with E-state index in [1.165, 1.54) is 28.5 Å². The van der Waals surface area contributed by atoms with Gasteiger partial charge in [0.25, 0.3) is 0 Å². The first-order valence-electron chi connectivity index (χ1n) is 13.6. The molecule has 2 aliphatic heterocycles. The van der Waals surface area contributed by atoms with Gasteiger partial charge in [-0.1, -0.05) is 38.1 Å². The van der Waals surface area contributed by atoms with Crippen molar-refractivity contribution in [3.05, 3.63) is 76.2 Å². The molecule has 1 amide bonds. The lowest BCUT2D eigenvalue weighted by Gasteiger charge is -2.35. The van der Waals surface area contributed by atoms with Gasteiger partial charge in [-0.25, -0.2) is 18.7 Å². The second-order valence-corrected chi connectivity index (χ2v) is 11.8. The fourth-order valence-corrected chi connectivity index (χ4v) is 6.49. The van der Waals surface area contributed by atoms with Crippen molar-refractivity contribution in [3.63, 3.8) is 0 Å². The molecule has 0 radical (unpaired) electrons. The van der Waals surface area contributed by atoms with E-state index in [4.69, 9.17) is 21.3 Å². The van der Waals surface area contributed by atoms with E-state index in [2.05, 4.69) is 16.5 Å². The molecule has 0 atom stereocenters. The predicted molar refractivity (Wildman–Crippen MR) is 163 cm³/mol. The van der Waals surface area contributed by atoms with Crippen LogP contribution >= 0.6 is 23.4 Å². The average molecular weight is 607 g/mol. The van der Waals surface area contributed by atoms with E-state index in [1.807, 2.05) is 24.8 Å². The number of benzene rings is 1. The van der Waals surface area contributed by atoms with Crippen LogP contribution in [0.1, 0.15) is 25.5 Å². The summed E-state index contributed by atoms with van der Waals surface area (Å²) >= 11 is 8.36. The van der Waals surface area contributed by atoms with E-state index in [-0.39, 0.29) is 33.8 Å². The number of thioether (sulfide) groups is 1. The summed E-state index contributed by atoms with van der Waals surface area (Å²) in [4.78, 5) is 44.8. The predicted octanol–water partition coefficient (Wildman–Crippen LogP) is 5.08. The van der Waals surface area contributed by atoms with Crippen LogP contribution < -0.4 is 15.3 Å². The van der Waals surface area contributed by atoms with Crippen molar-refractivity contribution in [2.24, 2.45) is 0 Å². The molecule has 4 aromatic rings. The van der Waals surface area contributed by atoms with Crippen molar-refractivity contribution < 1.29 is 13.9 Å². The fraction of sp³-hybridized carbons (Fsp3) is 0.300. The molecule has 1 fully saturated rings. The van der Waals surface area contributed by atoms with Crippen LogP contribution in [0.25, 0.3) is 28.0 Å². The highest BCUT2D eigenvalue weighted by atomic mass is 35.5. The zero-order valence-corrected chi connectivity index (χ0v) is 24.7. The van der Waals surface area contributed by atoms with E-state index < -0.39 is 11.5 Å². The van der Waals surface area contributed by atoms with Gasteiger partial charge in [0.1, 0.15) is 17.4 Å². The van der Waals surface area contributed by atoms with E-state index in [0.29, 0.717) is 66.9 Å². The number of hydrogen-bond donors (Lipinski definition) is 0. The molecule has 1 saturated heterocycles. The van der Waals surface area contributed by atoms with Crippen molar-refractivity contribution in [3.8, 4) is 22.7 Å². The number of carbonyl (C=O) groups excluding carboxylic acids is 1. The molecule has 1 aromatic carbocycles. The first-order valence-corrected chi connectivity index (χ1v) is 15.0. The van der Waals surface area contributed by atoms with E-state index in [1.54, 1.807) is 29.3 Å². The van der Waals surface area contributed by atoms with E-state index in [0.717, 1.165) is 4.90 Å². The Morgan fingerprint density at radius 2 is 1.98 bits per heavy atom. The summed E-state index contributed by atoms with van der Waals surface area (Å²) < 4.78 is 22.9. The van der Waals surface area contributed by atoms with Crippen LogP contribution in [-0.4, -0.2) is 68.9 Å². The Balaban J connectivity index is 1.66. The van der Waals surface area contributed by atoms with Gasteiger partial charge < -0.3 is 14.5 Å². The molecule has 9 nitrogen and oxygen atoms in total. The maximum atomic E-state index is 15.4. The van der Waals surface area contributed by atoms with Gasteiger partial charge in [0, 0.05) is 43.0 Å². The van der Waals surface area contributed by atoms with Crippen LogP contribution in [0.3, 0.4) is 0 Å². The second-order valence-electron chi connectivity index (χ2n) is 10.3. The Morgan fingerprint density at radius 1 is 1.19 bits per heavy atom. The summed E-state index contributed by atoms with van der Waals surface area (Å²) in [7, 11) is 0. The molecular weight excluding hydrogens is 579 g/mol. The number of carbonyl (C=O) groups is 1. The first-order chi connectivity index (χ1) is 20.3. The zero-order chi connectivity index (χ0) is 29.5. The molecule has 3 aromatic heterocycles. The lowest BCUT2D eigenvalue weighted by molar-refractivity contribution is -0.126. The minimum Gasteiger partial charge on any atom is -0.492 e. The minimum absolute atomic E-state index is 0.0215. The standard InChI is InChI=1S/C30H28ClFN6O3S/c1-4-23(39)36-10-12-37(13-11-36)28-18-16-19(31)26-24-20(32)6-5-7-21(24)41-14-15-42-22-8-9-33-25(17(2)3)27(22)38(29(18)34-26)30(40)35-28/h4-9,16-17H,1,10-15H2,2-3H3. The smallest absolute Gasteiger partial charge is 0.355 e. The lowest BCUT2D eigenvalue weighted by atomic mass is 10.1. The normalized spacial score (nSPS) is 15.1. The van der Waals surface area contributed by atoms with Crippen LogP contribution in [0.5, 0.6) is 5.75 Å². The summed E-state index contributed by atoms with van der Waals surface area (Å²) in [6.07, 6.45) is 3.02. The number of ether oxygens (including phenoxy) is 1. The molecule has 5 heterocycles. The number of halogens is 2. The van der Waals surface area contributed by atoms with Crippen molar-refractivity contribution in [2.45, 2.75) is 24.7 Å². The highest BCUT2D eigenvalue weighted by Crippen LogP contribution is 2.40. The molecule has 42 heavy (non-hydrogen) atoms. The third-order valence-electron chi connectivity index (χ3n) is 7.36. The monoisotopic (exact) mass is 606 g/mol. The number of aromatic nitrogens is 4. The van der Waals surface area contributed by atoms with Gasteiger partial charge >= 0.3 is 5.69 Å².